The van der Waals surface area contributed by atoms with Crippen molar-refractivity contribution in [3.8, 4) is 0 Å². The van der Waals surface area contributed by atoms with Crippen molar-refractivity contribution in [2.45, 2.75) is 31.7 Å². The van der Waals surface area contributed by atoms with Gasteiger partial charge in [-0.1, -0.05) is 0 Å². The summed E-state index contributed by atoms with van der Waals surface area (Å²) in [5.41, 5.74) is 7.02. The number of nitrogens with two attached hydrogens (primary N) is 1. The summed E-state index contributed by atoms with van der Waals surface area (Å²) < 4.78 is 4.93. The molecule has 90 valence electrons. The van der Waals surface area contributed by atoms with Crippen LogP contribution < -0.4 is 5.73 Å². The molecule has 16 heavy (non-hydrogen) atoms. The minimum Gasteiger partial charge on any atom is -0.385 e. The molecular weight excluding hydrogens is 222 g/mol. The van der Waals surface area contributed by atoms with Crippen LogP contribution in [0, 0.1) is 0 Å². The first-order valence-corrected chi connectivity index (χ1v) is 6.46. The Morgan fingerprint density at radius 1 is 1.62 bits per heavy atom. The number of hydrogen-bond donors (Lipinski definition) is 1. The van der Waals surface area contributed by atoms with Gasteiger partial charge >= 0.3 is 0 Å². The van der Waals surface area contributed by atoms with E-state index in [0.717, 1.165) is 19.3 Å². The number of ether oxygens (including phenoxy) is 1. The molecule has 1 aromatic heterocycles. The highest BCUT2D eigenvalue weighted by Crippen LogP contribution is 2.10. The quantitative estimate of drug-likeness (QED) is 0.708. The Balaban J connectivity index is 2.18. The molecule has 4 heteroatoms. The van der Waals surface area contributed by atoms with Crippen LogP contribution in [0.25, 0.3) is 0 Å². The molecule has 1 unspecified atom stereocenters. The lowest BCUT2D eigenvalue weighted by molar-refractivity contribution is -0.120. The molecule has 1 atom stereocenters. The van der Waals surface area contributed by atoms with Crippen molar-refractivity contribution < 1.29 is 9.53 Å². The third kappa shape index (κ3) is 4.88. The number of carbonyl (C=O) groups excluding carboxylic acids is 1. The lowest BCUT2D eigenvalue weighted by atomic mass is 10.0. The maximum Gasteiger partial charge on any atom is 0.149 e. The molecule has 0 spiro atoms. The predicted octanol–water partition coefficient (Wildman–Crippen LogP) is 2.00. The van der Waals surface area contributed by atoms with Gasteiger partial charge in [0.05, 0.1) is 6.04 Å². The number of thiophene rings is 1. The molecule has 0 fully saturated rings. The number of rotatable bonds is 8. The molecule has 0 bridgehead atoms. The molecule has 1 heterocycles. The molecule has 0 aromatic carbocycles. The van der Waals surface area contributed by atoms with Gasteiger partial charge in [0.25, 0.3) is 0 Å². The van der Waals surface area contributed by atoms with E-state index in [-0.39, 0.29) is 11.8 Å². The number of carbonyl (C=O) groups is 1. The van der Waals surface area contributed by atoms with Crippen LogP contribution in [0.5, 0.6) is 0 Å². The zero-order valence-corrected chi connectivity index (χ0v) is 10.5. The van der Waals surface area contributed by atoms with Crippen LogP contribution in [0.2, 0.25) is 0 Å². The van der Waals surface area contributed by atoms with E-state index in [1.54, 1.807) is 18.4 Å². The molecule has 0 radical (unpaired) electrons. The lowest BCUT2D eigenvalue weighted by Crippen LogP contribution is -2.30. The number of methoxy groups -OCH3 is 1. The predicted molar refractivity (Wildman–Crippen MR) is 66.7 cm³/mol. The van der Waals surface area contributed by atoms with E-state index in [0.29, 0.717) is 13.0 Å². The average Bonchev–Trinajstić information content (AvgIpc) is 2.79. The summed E-state index contributed by atoms with van der Waals surface area (Å²) in [6.07, 6.45) is 2.92. The second-order valence-electron chi connectivity index (χ2n) is 3.84. The monoisotopic (exact) mass is 241 g/mol. The number of hydrogen-bond acceptors (Lipinski definition) is 4. The molecule has 0 aliphatic rings. The Morgan fingerprint density at radius 3 is 3.06 bits per heavy atom. The van der Waals surface area contributed by atoms with E-state index in [9.17, 15) is 4.79 Å². The zero-order chi connectivity index (χ0) is 11.8. The largest absolute Gasteiger partial charge is 0.385 e. The van der Waals surface area contributed by atoms with Crippen LogP contribution >= 0.6 is 11.3 Å². The number of Topliss-reactive ketones (excluding diaryl/α,β-unsaturated/α-hetero) is 1. The summed E-state index contributed by atoms with van der Waals surface area (Å²) in [6.45, 7) is 0.672. The molecule has 2 N–H and O–H groups in total. The molecule has 0 saturated heterocycles. The first-order valence-electron chi connectivity index (χ1n) is 5.52. The van der Waals surface area contributed by atoms with Crippen molar-refractivity contribution in [2.75, 3.05) is 13.7 Å². The van der Waals surface area contributed by atoms with E-state index < -0.39 is 0 Å². The molecule has 0 aliphatic heterocycles. The number of ketones is 1. The summed E-state index contributed by atoms with van der Waals surface area (Å²) in [5.74, 6) is 0.155. The SMILES string of the molecule is COCCCC(N)C(=O)CCc1ccsc1. The Bertz CT molecular complexity index is 298. The maximum absolute atomic E-state index is 11.7. The first kappa shape index (κ1) is 13.4. The molecule has 0 amide bonds. The second kappa shape index (κ2) is 7.54. The maximum atomic E-state index is 11.7. The summed E-state index contributed by atoms with van der Waals surface area (Å²) in [7, 11) is 1.66. The smallest absolute Gasteiger partial charge is 0.149 e. The molecule has 1 rings (SSSR count). The summed E-state index contributed by atoms with van der Waals surface area (Å²) in [6, 6.07) is 1.72. The summed E-state index contributed by atoms with van der Waals surface area (Å²) in [5, 5.41) is 4.10. The van der Waals surface area contributed by atoms with Crippen LogP contribution in [0.3, 0.4) is 0 Å². The number of aryl methyl sites for hydroxylation is 1. The van der Waals surface area contributed by atoms with Crippen LogP contribution in [0.15, 0.2) is 16.8 Å². The Morgan fingerprint density at radius 2 is 2.44 bits per heavy atom. The van der Waals surface area contributed by atoms with E-state index in [4.69, 9.17) is 10.5 Å². The fraction of sp³-hybridized carbons (Fsp3) is 0.583. The lowest BCUT2D eigenvalue weighted by Gasteiger charge is -2.09. The molecule has 1 aromatic rings. The van der Waals surface area contributed by atoms with Crippen LogP contribution in [0.1, 0.15) is 24.8 Å². The average molecular weight is 241 g/mol. The van der Waals surface area contributed by atoms with Gasteiger partial charge in [-0.25, -0.2) is 0 Å². The van der Waals surface area contributed by atoms with Gasteiger partial charge in [-0.3, -0.25) is 4.79 Å². The van der Waals surface area contributed by atoms with Gasteiger partial charge in [0.2, 0.25) is 0 Å². The molecular formula is C12H19NO2S. The van der Waals surface area contributed by atoms with Gasteiger partial charge in [-0.2, -0.15) is 11.3 Å². The molecule has 3 nitrogen and oxygen atoms in total. The third-order valence-corrected chi connectivity index (χ3v) is 3.25. The van der Waals surface area contributed by atoms with Gasteiger partial charge in [0.1, 0.15) is 5.78 Å². The Hall–Kier alpha value is -0.710. The van der Waals surface area contributed by atoms with Crippen molar-refractivity contribution in [1.29, 1.82) is 0 Å². The van der Waals surface area contributed by atoms with E-state index >= 15 is 0 Å². The fourth-order valence-corrected chi connectivity index (χ4v) is 2.20. The first-order chi connectivity index (χ1) is 7.74. The standard InChI is InChI=1S/C12H19NO2S/c1-15-7-2-3-11(13)12(14)5-4-10-6-8-16-9-10/h6,8-9,11H,2-5,7,13H2,1H3. The molecule has 0 saturated carbocycles. The van der Waals surface area contributed by atoms with E-state index in [1.165, 1.54) is 5.56 Å². The minimum atomic E-state index is -0.325. The highest BCUT2D eigenvalue weighted by Gasteiger charge is 2.12. The second-order valence-corrected chi connectivity index (χ2v) is 4.62. The topological polar surface area (TPSA) is 52.3 Å². The Labute approximate surface area is 101 Å². The molecule has 0 aliphatic carbocycles. The fourth-order valence-electron chi connectivity index (χ4n) is 1.50. The van der Waals surface area contributed by atoms with E-state index in [1.807, 2.05) is 11.4 Å². The van der Waals surface area contributed by atoms with Crippen LogP contribution in [-0.4, -0.2) is 25.5 Å². The van der Waals surface area contributed by atoms with Gasteiger partial charge in [0, 0.05) is 20.1 Å². The van der Waals surface area contributed by atoms with Crippen molar-refractivity contribution in [2.24, 2.45) is 5.73 Å². The third-order valence-electron chi connectivity index (χ3n) is 2.52. The van der Waals surface area contributed by atoms with Gasteiger partial charge < -0.3 is 10.5 Å². The van der Waals surface area contributed by atoms with Crippen LogP contribution in [0.4, 0.5) is 0 Å². The highest BCUT2D eigenvalue weighted by molar-refractivity contribution is 7.07. The van der Waals surface area contributed by atoms with Gasteiger partial charge in [0.15, 0.2) is 0 Å². The van der Waals surface area contributed by atoms with E-state index in [2.05, 4.69) is 5.38 Å². The van der Waals surface area contributed by atoms with Crippen LogP contribution in [-0.2, 0) is 16.0 Å². The minimum absolute atomic E-state index is 0.155. The van der Waals surface area contributed by atoms with Crippen molar-refractivity contribution in [1.82, 2.24) is 0 Å². The van der Waals surface area contributed by atoms with Gasteiger partial charge in [-0.15, -0.1) is 0 Å². The van der Waals surface area contributed by atoms with Crippen molar-refractivity contribution >= 4 is 17.1 Å². The van der Waals surface area contributed by atoms with Crippen molar-refractivity contribution in [3.63, 3.8) is 0 Å². The summed E-state index contributed by atoms with van der Waals surface area (Å²) >= 11 is 1.66. The van der Waals surface area contributed by atoms with Gasteiger partial charge in [-0.05, 0) is 41.7 Å². The van der Waals surface area contributed by atoms with Crippen molar-refractivity contribution in [3.05, 3.63) is 22.4 Å². The normalized spacial score (nSPS) is 12.6. The zero-order valence-electron chi connectivity index (χ0n) is 9.65. The summed E-state index contributed by atoms with van der Waals surface area (Å²) in [4.78, 5) is 11.7. The Kier molecular flexibility index (Phi) is 6.30. The highest BCUT2D eigenvalue weighted by atomic mass is 32.1.